The van der Waals surface area contributed by atoms with Gasteiger partial charge in [-0.25, -0.2) is 0 Å². The fraction of sp³-hybridized carbons (Fsp3) is 0.875. The minimum atomic E-state index is -0.650. The van der Waals surface area contributed by atoms with Gasteiger partial charge in [0.05, 0.1) is 6.54 Å². The zero-order valence-corrected chi connectivity index (χ0v) is 12.9. The number of nitrogens with one attached hydrogen (secondary N) is 1. The lowest BCUT2D eigenvalue weighted by atomic mass is 9.88. The van der Waals surface area contributed by atoms with E-state index in [0.29, 0.717) is 12.8 Å². The van der Waals surface area contributed by atoms with Crippen LogP contribution in [0.3, 0.4) is 0 Å². The lowest BCUT2D eigenvalue weighted by Gasteiger charge is -2.41. The number of hydrogen-bond acceptors (Lipinski definition) is 2. The fourth-order valence-electron chi connectivity index (χ4n) is 3.69. The van der Waals surface area contributed by atoms with Crippen molar-refractivity contribution >= 4 is 11.8 Å². The normalized spacial score (nSPS) is 23.2. The van der Waals surface area contributed by atoms with Gasteiger partial charge >= 0.3 is 0 Å². The molecule has 2 fully saturated rings. The van der Waals surface area contributed by atoms with Crippen molar-refractivity contribution in [3.05, 3.63) is 0 Å². The summed E-state index contributed by atoms with van der Waals surface area (Å²) >= 11 is 0. The number of hydrogen-bond donors (Lipinski definition) is 1. The van der Waals surface area contributed by atoms with Crippen LogP contribution in [0.25, 0.3) is 0 Å². The van der Waals surface area contributed by atoms with Crippen LogP contribution >= 0.6 is 0 Å². The van der Waals surface area contributed by atoms with Crippen LogP contribution in [0.1, 0.15) is 65.2 Å². The van der Waals surface area contributed by atoms with Gasteiger partial charge in [0.2, 0.25) is 11.8 Å². The molecule has 4 nitrogen and oxygen atoms in total. The van der Waals surface area contributed by atoms with E-state index >= 15 is 0 Å². The van der Waals surface area contributed by atoms with Crippen LogP contribution < -0.4 is 5.32 Å². The lowest BCUT2D eigenvalue weighted by molar-refractivity contribution is -0.150. The molecule has 0 radical (unpaired) electrons. The second kappa shape index (κ2) is 6.59. The highest BCUT2D eigenvalue weighted by Crippen LogP contribution is 2.29. The first kappa shape index (κ1) is 15.3. The first-order valence-corrected chi connectivity index (χ1v) is 8.21. The first-order chi connectivity index (χ1) is 9.61. The molecule has 0 atom stereocenters. The van der Waals surface area contributed by atoms with Crippen molar-refractivity contribution in [1.82, 2.24) is 10.2 Å². The second-order valence-electron chi connectivity index (χ2n) is 6.36. The first-order valence-electron chi connectivity index (χ1n) is 8.21. The van der Waals surface area contributed by atoms with E-state index in [1.165, 1.54) is 32.1 Å². The highest BCUT2D eigenvalue weighted by Gasteiger charge is 2.43. The number of rotatable bonds is 6. The number of piperazine rings is 1. The van der Waals surface area contributed by atoms with Gasteiger partial charge in [0.1, 0.15) is 5.54 Å². The Morgan fingerprint density at radius 2 is 1.85 bits per heavy atom. The van der Waals surface area contributed by atoms with Gasteiger partial charge in [0, 0.05) is 6.54 Å². The third-order valence-electron chi connectivity index (χ3n) is 5.13. The van der Waals surface area contributed by atoms with Crippen LogP contribution in [0.4, 0.5) is 0 Å². The van der Waals surface area contributed by atoms with Crippen LogP contribution in [-0.4, -0.2) is 35.3 Å². The molecule has 0 unspecified atom stereocenters. The molecular weight excluding hydrogens is 252 g/mol. The summed E-state index contributed by atoms with van der Waals surface area (Å²) < 4.78 is 0. The summed E-state index contributed by atoms with van der Waals surface area (Å²) in [7, 11) is 0. The predicted octanol–water partition coefficient (Wildman–Crippen LogP) is 2.47. The molecule has 2 amide bonds. The Kier molecular flexibility index (Phi) is 5.06. The summed E-state index contributed by atoms with van der Waals surface area (Å²) in [5, 5.41) is 2.91. The number of carbonyl (C=O) groups excluding carboxylic acids is 2. The van der Waals surface area contributed by atoms with Crippen LogP contribution in [-0.2, 0) is 9.59 Å². The summed E-state index contributed by atoms with van der Waals surface area (Å²) in [4.78, 5) is 26.2. The molecular formula is C16H28N2O2. The van der Waals surface area contributed by atoms with Crippen LogP contribution in [0.15, 0.2) is 0 Å². The van der Waals surface area contributed by atoms with E-state index in [0.717, 1.165) is 18.9 Å². The molecule has 1 heterocycles. The summed E-state index contributed by atoms with van der Waals surface area (Å²) in [5.74, 6) is 0.966. The molecule has 4 heteroatoms. The molecule has 0 bridgehead atoms. The van der Waals surface area contributed by atoms with Gasteiger partial charge in [-0.2, -0.15) is 0 Å². The Morgan fingerprint density at radius 1 is 1.20 bits per heavy atom. The molecule has 114 valence electrons. The van der Waals surface area contributed by atoms with Crippen molar-refractivity contribution in [2.24, 2.45) is 5.92 Å². The maximum Gasteiger partial charge on any atom is 0.248 e. The Morgan fingerprint density at radius 3 is 2.45 bits per heavy atom. The van der Waals surface area contributed by atoms with Crippen LogP contribution in [0.2, 0.25) is 0 Å². The summed E-state index contributed by atoms with van der Waals surface area (Å²) in [5.41, 5.74) is -0.650. The highest BCUT2D eigenvalue weighted by atomic mass is 16.2. The smallest absolute Gasteiger partial charge is 0.248 e. The Labute approximate surface area is 122 Å². The zero-order valence-electron chi connectivity index (χ0n) is 12.9. The maximum absolute atomic E-state index is 12.6. The fourth-order valence-corrected chi connectivity index (χ4v) is 3.69. The molecule has 1 saturated carbocycles. The largest absolute Gasteiger partial charge is 0.340 e. The van der Waals surface area contributed by atoms with E-state index in [-0.39, 0.29) is 18.4 Å². The molecule has 1 N–H and O–H groups in total. The monoisotopic (exact) mass is 280 g/mol. The van der Waals surface area contributed by atoms with E-state index < -0.39 is 5.54 Å². The van der Waals surface area contributed by atoms with Gasteiger partial charge in [-0.1, -0.05) is 39.5 Å². The molecule has 0 spiro atoms. The predicted molar refractivity (Wildman–Crippen MR) is 79.2 cm³/mol. The van der Waals surface area contributed by atoms with Gasteiger partial charge in [-0.3, -0.25) is 9.59 Å². The number of carbonyl (C=O) groups is 2. The quantitative estimate of drug-likeness (QED) is 0.812. The minimum absolute atomic E-state index is 0.00540. The molecule has 0 aromatic rings. The van der Waals surface area contributed by atoms with Gasteiger partial charge in [-0.05, 0) is 31.6 Å². The number of nitrogens with zero attached hydrogens (tertiary/aromatic N) is 1. The van der Waals surface area contributed by atoms with E-state index in [1.807, 2.05) is 13.8 Å². The van der Waals surface area contributed by atoms with E-state index in [9.17, 15) is 9.59 Å². The molecule has 0 aromatic heterocycles. The maximum atomic E-state index is 12.6. The van der Waals surface area contributed by atoms with Crippen molar-refractivity contribution in [3.63, 3.8) is 0 Å². The Bertz CT molecular complexity index is 357. The standard InChI is InChI=1S/C16H28N2O2/c1-3-16(4-2)15(20)18(12-14(19)17-16)11-7-10-13-8-5-6-9-13/h13H,3-12H2,1-2H3,(H,17,19). The third kappa shape index (κ3) is 3.15. The molecule has 0 aromatic carbocycles. The minimum Gasteiger partial charge on any atom is -0.340 e. The van der Waals surface area contributed by atoms with Gasteiger partial charge in [-0.15, -0.1) is 0 Å². The van der Waals surface area contributed by atoms with Crippen molar-refractivity contribution in [3.8, 4) is 0 Å². The summed E-state index contributed by atoms with van der Waals surface area (Å²) in [6.07, 6.45) is 9.02. The highest BCUT2D eigenvalue weighted by molar-refractivity contribution is 5.97. The number of amides is 2. The van der Waals surface area contributed by atoms with Crippen molar-refractivity contribution in [1.29, 1.82) is 0 Å². The molecule has 1 aliphatic heterocycles. The average molecular weight is 280 g/mol. The van der Waals surface area contributed by atoms with Gasteiger partial charge < -0.3 is 10.2 Å². The molecule has 2 aliphatic rings. The molecule has 1 aliphatic carbocycles. The van der Waals surface area contributed by atoms with Crippen molar-refractivity contribution in [2.75, 3.05) is 13.1 Å². The second-order valence-corrected chi connectivity index (χ2v) is 6.36. The Balaban J connectivity index is 1.89. The zero-order chi connectivity index (χ0) is 14.6. The van der Waals surface area contributed by atoms with E-state index in [2.05, 4.69) is 5.32 Å². The summed E-state index contributed by atoms with van der Waals surface area (Å²) in [6.45, 7) is 4.93. The third-order valence-corrected chi connectivity index (χ3v) is 5.13. The average Bonchev–Trinajstić information content (AvgIpc) is 2.95. The van der Waals surface area contributed by atoms with Crippen molar-refractivity contribution < 1.29 is 9.59 Å². The molecule has 2 rings (SSSR count). The SMILES string of the molecule is CCC1(CC)NC(=O)CN(CCCC2CCCC2)C1=O. The van der Waals surface area contributed by atoms with Gasteiger partial charge in [0.25, 0.3) is 0 Å². The molecule has 20 heavy (non-hydrogen) atoms. The van der Waals surface area contributed by atoms with Crippen molar-refractivity contribution in [2.45, 2.75) is 70.8 Å². The van der Waals surface area contributed by atoms with Gasteiger partial charge in [0.15, 0.2) is 0 Å². The van der Waals surface area contributed by atoms with Crippen LogP contribution in [0.5, 0.6) is 0 Å². The lowest BCUT2D eigenvalue weighted by Crippen LogP contribution is -2.66. The topological polar surface area (TPSA) is 49.4 Å². The van der Waals surface area contributed by atoms with Crippen LogP contribution in [0, 0.1) is 5.92 Å². The summed E-state index contributed by atoms with van der Waals surface area (Å²) in [6, 6.07) is 0. The Hall–Kier alpha value is -1.06. The van der Waals surface area contributed by atoms with E-state index in [4.69, 9.17) is 0 Å². The van der Waals surface area contributed by atoms with E-state index in [1.54, 1.807) is 4.90 Å². The molecule has 1 saturated heterocycles.